The number of benzene rings is 1. The van der Waals surface area contributed by atoms with Crippen molar-refractivity contribution in [3.05, 3.63) is 23.3 Å². The lowest BCUT2D eigenvalue weighted by atomic mass is 9.88. The highest BCUT2D eigenvalue weighted by Gasteiger charge is 2.31. The number of rotatable bonds is 10. The summed E-state index contributed by atoms with van der Waals surface area (Å²) >= 11 is 0. The van der Waals surface area contributed by atoms with E-state index in [0.29, 0.717) is 19.2 Å². The largest absolute Gasteiger partial charge is 0.497 e. The Morgan fingerprint density at radius 1 is 1.18 bits per heavy atom. The number of carbonyl (C=O) groups excluding carboxylic acids is 1. The highest BCUT2D eigenvalue weighted by atomic mass is 32.2. The Morgan fingerprint density at radius 3 is 2.50 bits per heavy atom. The molecule has 192 valence electrons. The Labute approximate surface area is 207 Å². The number of methoxy groups -OCH3 is 1. The second-order valence-corrected chi connectivity index (χ2v) is 11.0. The number of hydrogen-bond acceptors (Lipinski definition) is 6. The van der Waals surface area contributed by atoms with Gasteiger partial charge in [-0.15, -0.1) is 0 Å². The molecular formula is C25H42N4O4S. The van der Waals surface area contributed by atoms with Gasteiger partial charge in [0.15, 0.2) is 0 Å². The Bertz CT molecular complexity index is 823. The van der Waals surface area contributed by atoms with Crippen molar-refractivity contribution < 1.29 is 18.5 Å². The third kappa shape index (κ3) is 7.01. The van der Waals surface area contributed by atoms with Gasteiger partial charge in [-0.3, -0.25) is 9.69 Å². The normalized spacial score (nSPS) is 22.5. The summed E-state index contributed by atoms with van der Waals surface area (Å²) in [4.78, 5) is 18.0. The zero-order chi connectivity index (χ0) is 24.7. The maximum atomic E-state index is 13.0. The number of carbonyl (C=O) groups is 1. The van der Waals surface area contributed by atoms with Crippen LogP contribution in [-0.4, -0.2) is 103 Å². The number of ether oxygens (including phenoxy) is 2. The van der Waals surface area contributed by atoms with Gasteiger partial charge in [0.2, 0.25) is 5.91 Å². The van der Waals surface area contributed by atoms with Crippen LogP contribution in [0.1, 0.15) is 36.8 Å². The summed E-state index contributed by atoms with van der Waals surface area (Å²) in [6.07, 6.45) is 4.50. The van der Waals surface area contributed by atoms with Crippen molar-refractivity contribution in [2.45, 2.75) is 56.5 Å². The van der Waals surface area contributed by atoms with Crippen LogP contribution in [-0.2, 0) is 20.5 Å². The molecule has 0 spiro atoms. The maximum Gasteiger partial charge on any atom is 0.248 e. The lowest BCUT2D eigenvalue weighted by molar-refractivity contribution is -0.138. The predicted molar refractivity (Wildman–Crippen MR) is 136 cm³/mol. The first-order chi connectivity index (χ1) is 16.3. The standard InChI is InChI=1S/C25H42N4O4S/c1-19-15-23(32-5)16-20(2)25(19)34(31)27(3)13-14-33-18-24(30)28(4)21-7-6-8-22(17-21)29-11-9-26-10-12-29/h15-16,21-22,26H,6-14,17-18H2,1-5H3/t21-,22?,34?/m1/s1. The first-order valence-electron chi connectivity index (χ1n) is 12.4. The molecule has 3 atom stereocenters. The van der Waals surface area contributed by atoms with Crippen molar-refractivity contribution in [3.63, 3.8) is 0 Å². The predicted octanol–water partition coefficient (Wildman–Crippen LogP) is 1.96. The van der Waals surface area contributed by atoms with Crippen LogP contribution in [0, 0.1) is 13.8 Å². The van der Waals surface area contributed by atoms with Crippen molar-refractivity contribution in [1.29, 1.82) is 0 Å². The van der Waals surface area contributed by atoms with Crippen molar-refractivity contribution in [3.8, 4) is 5.75 Å². The minimum atomic E-state index is -1.30. The third-order valence-electron chi connectivity index (χ3n) is 7.13. The van der Waals surface area contributed by atoms with Crippen LogP contribution in [0.15, 0.2) is 17.0 Å². The number of amides is 1. The topological polar surface area (TPSA) is 74.3 Å². The van der Waals surface area contributed by atoms with Crippen LogP contribution in [0.25, 0.3) is 0 Å². The molecule has 1 heterocycles. The number of hydrogen-bond donors (Lipinski definition) is 1. The number of piperazine rings is 1. The Hall–Kier alpha value is -1.52. The van der Waals surface area contributed by atoms with Gasteiger partial charge in [-0.25, -0.2) is 8.51 Å². The molecule has 0 bridgehead atoms. The van der Waals surface area contributed by atoms with Gasteiger partial charge in [-0.1, -0.05) is 0 Å². The molecule has 3 rings (SSSR count). The molecule has 1 saturated heterocycles. The summed E-state index contributed by atoms with van der Waals surface area (Å²) in [5.41, 5.74) is 1.87. The second kappa shape index (κ2) is 13.0. The molecule has 34 heavy (non-hydrogen) atoms. The Morgan fingerprint density at radius 2 is 1.85 bits per heavy atom. The monoisotopic (exact) mass is 494 g/mol. The van der Waals surface area contributed by atoms with E-state index in [0.717, 1.165) is 60.8 Å². The molecule has 1 saturated carbocycles. The van der Waals surface area contributed by atoms with Crippen molar-refractivity contribution in [2.75, 3.05) is 67.1 Å². The van der Waals surface area contributed by atoms with E-state index in [-0.39, 0.29) is 18.6 Å². The van der Waals surface area contributed by atoms with Gasteiger partial charge in [-0.2, -0.15) is 0 Å². The Balaban J connectivity index is 1.42. The molecule has 1 amide bonds. The van der Waals surface area contributed by atoms with Crippen LogP contribution in [0.3, 0.4) is 0 Å². The van der Waals surface area contributed by atoms with E-state index in [1.54, 1.807) is 11.4 Å². The zero-order valence-electron chi connectivity index (χ0n) is 21.5. The van der Waals surface area contributed by atoms with E-state index in [1.165, 1.54) is 12.8 Å². The van der Waals surface area contributed by atoms with E-state index in [4.69, 9.17) is 9.47 Å². The maximum absolute atomic E-state index is 13.0. The van der Waals surface area contributed by atoms with Crippen molar-refractivity contribution in [1.82, 2.24) is 19.4 Å². The smallest absolute Gasteiger partial charge is 0.248 e. The molecule has 1 aromatic carbocycles. The quantitative estimate of drug-likeness (QED) is 0.502. The molecule has 0 aromatic heterocycles. The highest BCUT2D eigenvalue weighted by Crippen LogP contribution is 2.27. The summed E-state index contributed by atoms with van der Waals surface area (Å²) in [6, 6.07) is 4.65. The average Bonchev–Trinajstić information content (AvgIpc) is 2.85. The molecule has 9 heteroatoms. The summed E-state index contributed by atoms with van der Waals surface area (Å²) < 4.78 is 25.8. The van der Waals surface area contributed by atoms with Gasteiger partial charge in [0.25, 0.3) is 0 Å². The van der Waals surface area contributed by atoms with Gasteiger partial charge in [-0.05, 0) is 62.8 Å². The average molecular weight is 495 g/mol. The SMILES string of the molecule is COc1cc(C)c(S(=O)N(C)CCOCC(=O)N(C)[C@@H]2CCCC(N3CCNCC3)C2)c(C)c1. The zero-order valence-corrected chi connectivity index (χ0v) is 22.3. The molecule has 0 radical (unpaired) electrons. The fourth-order valence-electron chi connectivity index (χ4n) is 5.07. The highest BCUT2D eigenvalue weighted by molar-refractivity contribution is 7.82. The molecule has 1 N–H and O–H groups in total. The van der Waals surface area contributed by atoms with Gasteiger partial charge < -0.3 is 19.7 Å². The molecule has 2 aliphatic rings. The summed E-state index contributed by atoms with van der Waals surface area (Å²) in [5.74, 6) is 0.790. The van der Waals surface area contributed by atoms with Crippen molar-refractivity contribution in [2.24, 2.45) is 0 Å². The summed E-state index contributed by atoms with van der Waals surface area (Å²) in [6.45, 7) is 9.09. The minimum Gasteiger partial charge on any atom is -0.497 e. The molecular weight excluding hydrogens is 452 g/mol. The number of aryl methyl sites for hydroxylation is 2. The van der Waals surface area contributed by atoms with E-state index in [2.05, 4.69) is 10.2 Å². The van der Waals surface area contributed by atoms with Crippen LogP contribution < -0.4 is 10.1 Å². The van der Waals surface area contributed by atoms with E-state index < -0.39 is 11.0 Å². The van der Waals surface area contributed by atoms with E-state index >= 15 is 0 Å². The molecule has 2 fully saturated rings. The van der Waals surface area contributed by atoms with Gasteiger partial charge in [0.1, 0.15) is 23.3 Å². The first-order valence-corrected chi connectivity index (χ1v) is 13.5. The fraction of sp³-hybridized carbons (Fsp3) is 0.720. The lowest BCUT2D eigenvalue weighted by Crippen LogP contribution is -2.52. The summed E-state index contributed by atoms with van der Waals surface area (Å²) in [7, 11) is 4.05. The van der Waals surface area contributed by atoms with Crippen LogP contribution in [0.5, 0.6) is 5.75 Å². The lowest BCUT2D eigenvalue weighted by Gasteiger charge is -2.42. The second-order valence-electron chi connectivity index (χ2n) is 9.51. The summed E-state index contributed by atoms with van der Waals surface area (Å²) in [5, 5.41) is 3.42. The Kier molecular flexibility index (Phi) is 10.3. The van der Waals surface area contributed by atoms with Gasteiger partial charge in [0.05, 0.1) is 18.6 Å². The molecule has 1 aliphatic heterocycles. The molecule has 8 nitrogen and oxygen atoms in total. The van der Waals surface area contributed by atoms with E-state index in [1.807, 2.05) is 45.0 Å². The fourth-order valence-corrected chi connectivity index (χ4v) is 6.29. The van der Waals surface area contributed by atoms with Gasteiger partial charge in [0, 0.05) is 58.9 Å². The van der Waals surface area contributed by atoms with Crippen molar-refractivity contribution >= 4 is 16.9 Å². The number of likely N-dealkylation sites (N-methyl/N-ethyl adjacent to an activating group) is 2. The molecule has 1 aromatic rings. The minimum absolute atomic E-state index is 0.0246. The number of nitrogens with zero attached hydrogens (tertiary/aromatic N) is 3. The molecule has 1 aliphatic carbocycles. The van der Waals surface area contributed by atoms with E-state index in [9.17, 15) is 9.00 Å². The van der Waals surface area contributed by atoms with Gasteiger partial charge >= 0.3 is 0 Å². The van der Waals surface area contributed by atoms with Crippen LogP contribution in [0.2, 0.25) is 0 Å². The third-order valence-corrected chi connectivity index (χ3v) is 8.87. The van der Waals surface area contributed by atoms with Crippen LogP contribution >= 0.6 is 0 Å². The first kappa shape index (κ1) is 27.1. The number of nitrogens with one attached hydrogen (secondary N) is 1. The molecule has 2 unspecified atom stereocenters. The van der Waals surface area contributed by atoms with Crippen LogP contribution in [0.4, 0.5) is 0 Å².